The van der Waals surface area contributed by atoms with E-state index in [1.54, 1.807) is 21.0 Å². The van der Waals surface area contributed by atoms with Crippen LogP contribution in [0.25, 0.3) is 0 Å². The number of rotatable bonds is 5. The number of hydrazine groups is 1. The van der Waals surface area contributed by atoms with E-state index in [9.17, 15) is 9.59 Å². The molecule has 0 aromatic carbocycles. The van der Waals surface area contributed by atoms with Crippen molar-refractivity contribution >= 4 is 12.1 Å². The number of hydrogen-bond acceptors (Lipinski definition) is 4. The summed E-state index contributed by atoms with van der Waals surface area (Å²) >= 11 is 0. The Labute approximate surface area is 96.5 Å². The van der Waals surface area contributed by atoms with E-state index in [1.807, 2.05) is 6.92 Å². The minimum atomic E-state index is -0.602. The smallest absolute Gasteiger partial charge is 0.417 e. The van der Waals surface area contributed by atoms with Crippen molar-refractivity contribution < 1.29 is 14.3 Å². The standard InChI is InChI=1S/C10H21N3O3/c1-5-7-8-13(10(15)16-6-2)9(14)11-12(3)4/h5-8H2,1-4H3,(H,11,14). The largest absolute Gasteiger partial charge is 0.449 e. The van der Waals surface area contributed by atoms with Crippen molar-refractivity contribution in [3.05, 3.63) is 0 Å². The molecule has 0 aromatic rings. The van der Waals surface area contributed by atoms with Crippen molar-refractivity contribution in [1.82, 2.24) is 15.3 Å². The maximum Gasteiger partial charge on any atom is 0.417 e. The Hall–Kier alpha value is -1.30. The fraction of sp³-hybridized carbons (Fsp3) is 0.800. The van der Waals surface area contributed by atoms with Gasteiger partial charge in [0.2, 0.25) is 0 Å². The van der Waals surface area contributed by atoms with Gasteiger partial charge in [-0.2, -0.15) is 0 Å². The molecular weight excluding hydrogens is 210 g/mol. The summed E-state index contributed by atoms with van der Waals surface area (Å²) < 4.78 is 4.81. The number of imide groups is 1. The Morgan fingerprint density at radius 2 is 1.88 bits per heavy atom. The summed E-state index contributed by atoms with van der Waals surface area (Å²) in [6, 6.07) is -0.461. The summed E-state index contributed by atoms with van der Waals surface area (Å²) in [6.07, 6.45) is 1.07. The fourth-order valence-electron chi connectivity index (χ4n) is 1.05. The topological polar surface area (TPSA) is 61.9 Å². The van der Waals surface area contributed by atoms with Crippen LogP contribution in [-0.4, -0.2) is 49.3 Å². The summed E-state index contributed by atoms with van der Waals surface area (Å²) in [5.74, 6) is 0. The highest BCUT2D eigenvalue weighted by molar-refractivity contribution is 5.90. The first-order valence-electron chi connectivity index (χ1n) is 5.45. The highest BCUT2D eigenvalue weighted by Crippen LogP contribution is 1.99. The average molecular weight is 231 g/mol. The first-order valence-corrected chi connectivity index (χ1v) is 5.45. The van der Waals surface area contributed by atoms with E-state index < -0.39 is 12.1 Å². The van der Waals surface area contributed by atoms with E-state index in [4.69, 9.17) is 4.74 Å². The molecule has 3 amide bonds. The second kappa shape index (κ2) is 7.92. The molecule has 0 fully saturated rings. The summed E-state index contributed by atoms with van der Waals surface area (Å²) in [5, 5.41) is 1.49. The summed E-state index contributed by atoms with van der Waals surface area (Å²) in [5.41, 5.74) is 2.51. The van der Waals surface area contributed by atoms with Gasteiger partial charge in [0, 0.05) is 20.6 Å². The molecule has 0 heterocycles. The second-order valence-electron chi connectivity index (χ2n) is 3.52. The van der Waals surface area contributed by atoms with Crippen LogP contribution < -0.4 is 5.43 Å². The summed E-state index contributed by atoms with van der Waals surface area (Å²) in [7, 11) is 3.36. The highest BCUT2D eigenvalue weighted by atomic mass is 16.6. The van der Waals surface area contributed by atoms with Gasteiger partial charge in [0.25, 0.3) is 0 Å². The van der Waals surface area contributed by atoms with Crippen molar-refractivity contribution in [2.24, 2.45) is 0 Å². The molecular formula is C10H21N3O3. The minimum Gasteiger partial charge on any atom is -0.449 e. The molecule has 0 bridgehead atoms. The van der Waals surface area contributed by atoms with Gasteiger partial charge in [-0.3, -0.25) is 5.43 Å². The molecule has 0 aliphatic heterocycles. The molecule has 16 heavy (non-hydrogen) atoms. The van der Waals surface area contributed by atoms with Crippen LogP contribution in [0.1, 0.15) is 26.7 Å². The van der Waals surface area contributed by atoms with E-state index in [0.29, 0.717) is 6.54 Å². The van der Waals surface area contributed by atoms with Gasteiger partial charge in [-0.1, -0.05) is 13.3 Å². The molecule has 6 heteroatoms. The monoisotopic (exact) mass is 231 g/mol. The van der Waals surface area contributed by atoms with Crippen molar-refractivity contribution in [1.29, 1.82) is 0 Å². The summed E-state index contributed by atoms with van der Waals surface area (Å²) in [6.45, 7) is 4.33. The Balaban J connectivity index is 4.39. The van der Waals surface area contributed by atoms with Gasteiger partial charge in [-0.05, 0) is 13.3 Å². The molecule has 1 N–H and O–H groups in total. The van der Waals surface area contributed by atoms with Gasteiger partial charge in [-0.15, -0.1) is 0 Å². The van der Waals surface area contributed by atoms with E-state index in [-0.39, 0.29) is 6.61 Å². The van der Waals surface area contributed by atoms with Crippen molar-refractivity contribution in [2.45, 2.75) is 26.7 Å². The number of nitrogens with one attached hydrogen (secondary N) is 1. The molecule has 0 saturated carbocycles. The molecule has 0 unspecified atom stereocenters. The molecule has 0 aromatic heterocycles. The van der Waals surface area contributed by atoms with Crippen LogP contribution >= 0.6 is 0 Å². The number of hydrogen-bond donors (Lipinski definition) is 1. The average Bonchev–Trinajstić information content (AvgIpc) is 2.17. The molecule has 94 valence electrons. The van der Waals surface area contributed by atoms with Crippen LogP contribution in [0.3, 0.4) is 0 Å². The first kappa shape index (κ1) is 14.7. The SMILES string of the molecule is CCCCN(C(=O)NN(C)C)C(=O)OCC. The lowest BCUT2D eigenvalue weighted by Crippen LogP contribution is -2.49. The molecule has 0 radical (unpaired) electrons. The zero-order chi connectivity index (χ0) is 12.6. The lowest BCUT2D eigenvalue weighted by molar-refractivity contribution is 0.108. The van der Waals surface area contributed by atoms with Crippen LogP contribution in [0, 0.1) is 0 Å². The van der Waals surface area contributed by atoms with Gasteiger partial charge in [0.1, 0.15) is 0 Å². The van der Waals surface area contributed by atoms with E-state index >= 15 is 0 Å². The Morgan fingerprint density at radius 1 is 1.25 bits per heavy atom. The van der Waals surface area contributed by atoms with Crippen LogP contribution in [0.15, 0.2) is 0 Å². The number of unbranched alkanes of at least 4 members (excludes halogenated alkanes) is 1. The molecule has 0 saturated heterocycles. The van der Waals surface area contributed by atoms with Gasteiger partial charge in [0.05, 0.1) is 6.61 Å². The fourth-order valence-corrected chi connectivity index (χ4v) is 1.05. The van der Waals surface area contributed by atoms with Crippen molar-refractivity contribution in [3.63, 3.8) is 0 Å². The molecule has 6 nitrogen and oxygen atoms in total. The third kappa shape index (κ3) is 5.55. The third-order valence-electron chi connectivity index (χ3n) is 1.79. The minimum absolute atomic E-state index is 0.261. The third-order valence-corrected chi connectivity index (χ3v) is 1.79. The molecule has 0 aliphatic carbocycles. The van der Waals surface area contributed by atoms with E-state index in [2.05, 4.69) is 5.43 Å². The molecule has 0 aliphatic rings. The van der Waals surface area contributed by atoms with Crippen molar-refractivity contribution in [3.8, 4) is 0 Å². The number of carbonyl (C=O) groups is 2. The van der Waals surface area contributed by atoms with Crippen molar-refractivity contribution in [2.75, 3.05) is 27.2 Å². The van der Waals surface area contributed by atoms with E-state index in [1.165, 1.54) is 5.01 Å². The Morgan fingerprint density at radius 3 is 2.31 bits per heavy atom. The van der Waals surface area contributed by atoms with Gasteiger partial charge < -0.3 is 4.74 Å². The summed E-state index contributed by atoms with van der Waals surface area (Å²) in [4.78, 5) is 24.2. The predicted molar refractivity (Wildman–Crippen MR) is 60.9 cm³/mol. The van der Waals surface area contributed by atoms with Gasteiger partial charge in [0.15, 0.2) is 0 Å². The zero-order valence-electron chi connectivity index (χ0n) is 10.4. The van der Waals surface area contributed by atoms with Crippen LogP contribution in [0.4, 0.5) is 9.59 Å². The highest BCUT2D eigenvalue weighted by Gasteiger charge is 2.22. The molecule has 0 rings (SSSR count). The normalized spacial score (nSPS) is 10.1. The van der Waals surface area contributed by atoms with E-state index in [0.717, 1.165) is 17.7 Å². The first-order chi connectivity index (χ1) is 7.52. The van der Waals surface area contributed by atoms with Crippen LogP contribution in [-0.2, 0) is 4.74 Å². The Kier molecular flexibility index (Phi) is 7.28. The maximum absolute atomic E-state index is 11.6. The number of urea groups is 1. The molecule has 0 atom stereocenters. The predicted octanol–water partition coefficient (Wildman–Crippen LogP) is 1.43. The quantitative estimate of drug-likeness (QED) is 0.727. The lowest BCUT2D eigenvalue weighted by atomic mass is 10.3. The number of nitrogens with zero attached hydrogens (tertiary/aromatic N) is 2. The van der Waals surface area contributed by atoms with Crippen LogP contribution in [0.2, 0.25) is 0 Å². The number of carbonyl (C=O) groups excluding carboxylic acids is 2. The second-order valence-corrected chi connectivity index (χ2v) is 3.52. The Bertz CT molecular complexity index is 231. The molecule has 0 spiro atoms. The van der Waals surface area contributed by atoms with Gasteiger partial charge >= 0.3 is 12.1 Å². The lowest BCUT2D eigenvalue weighted by Gasteiger charge is -2.22. The maximum atomic E-state index is 11.6. The van der Waals surface area contributed by atoms with Crippen LogP contribution in [0.5, 0.6) is 0 Å². The van der Waals surface area contributed by atoms with Gasteiger partial charge in [-0.25, -0.2) is 19.5 Å². The number of ether oxygens (including phenoxy) is 1. The zero-order valence-corrected chi connectivity index (χ0v) is 10.4. The number of amides is 3.